The number of ether oxygens (including phenoxy) is 1. The predicted molar refractivity (Wildman–Crippen MR) is 73.0 cm³/mol. The molecule has 0 saturated carbocycles. The van der Waals surface area contributed by atoms with Crippen LogP contribution in [0.2, 0.25) is 0 Å². The van der Waals surface area contributed by atoms with Crippen LogP contribution in [0.15, 0.2) is 12.1 Å². The van der Waals surface area contributed by atoms with Gasteiger partial charge in [-0.15, -0.1) is 0 Å². The normalized spacial score (nSPS) is 11.4. The molecule has 112 valence electrons. The Morgan fingerprint density at radius 3 is 2.60 bits per heavy atom. The predicted octanol–water partition coefficient (Wildman–Crippen LogP) is 0.326. The van der Waals surface area contributed by atoms with Gasteiger partial charge in [0, 0.05) is 14.1 Å². The first-order valence-corrected chi connectivity index (χ1v) is 7.25. The summed E-state index contributed by atoms with van der Waals surface area (Å²) in [7, 11) is -0.836. The largest absolute Gasteiger partial charge is 0.480 e. The Bertz CT molecular complexity index is 586. The fourth-order valence-corrected chi connectivity index (χ4v) is 1.85. The zero-order valence-electron chi connectivity index (χ0n) is 11.5. The Labute approximate surface area is 117 Å². The Hall–Kier alpha value is -1.87. The van der Waals surface area contributed by atoms with Crippen LogP contribution in [0.4, 0.5) is 5.82 Å². The number of nitrogens with zero attached hydrogens (tertiary/aromatic N) is 2. The maximum absolute atomic E-state index is 11.7. The lowest BCUT2D eigenvalue weighted by atomic mass is 10.2. The van der Waals surface area contributed by atoms with Gasteiger partial charge in [-0.25, -0.2) is 9.78 Å². The summed E-state index contributed by atoms with van der Waals surface area (Å²) in [6.45, 7) is 1.33. The standard InChI is InChI=1S/C11H17N3O5S/c1-4-8-9(19-7-11(15)16)5-6-10(12-8)13-20(17,18)14(2)3/h5-6H,4,7H2,1-3H3,(H,12,13)(H,15,16). The average molecular weight is 303 g/mol. The zero-order chi connectivity index (χ0) is 15.3. The molecule has 8 nitrogen and oxygen atoms in total. The van der Waals surface area contributed by atoms with Crippen molar-refractivity contribution in [2.75, 3.05) is 25.4 Å². The highest BCUT2D eigenvalue weighted by Gasteiger charge is 2.15. The minimum Gasteiger partial charge on any atom is -0.480 e. The van der Waals surface area contributed by atoms with Crippen molar-refractivity contribution in [3.8, 4) is 5.75 Å². The van der Waals surface area contributed by atoms with Gasteiger partial charge in [0.25, 0.3) is 0 Å². The number of aryl methyl sites for hydroxylation is 1. The van der Waals surface area contributed by atoms with Crippen molar-refractivity contribution in [3.05, 3.63) is 17.8 Å². The smallest absolute Gasteiger partial charge is 0.341 e. The summed E-state index contributed by atoms with van der Waals surface area (Å²) in [4.78, 5) is 14.6. The lowest BCUT2D eigenvalue weighted by Gasteiger charge is -2.14. The highest BCUT2D eigenvalue weighted by Crippen LogP contribution is 2.20. The number of hydrogen-bond donors (Lipinski definition) is 2. The summed E-state index contributed by atoms with van der Waals surface area (Å²) >= 11 is 0. The second-order valence-electron chi connectivity index (χ2n) is 4.07. The molecule has 2 N–H and O–H groups in total. The summed E-state index contributed by atoms with van der Waals surface area (Å²) < 4.78 is 31.7. The molecule has 0 unspecified atom stereocenters. The van der Waals surface area contributed by atoms with Crippen LogP contribution in [0.25, 0.3) is 0 Å². The Balaban J connectivity index is 2.95. The summed E-state index contributed by atoms with van der Waals surface area (Å²) in [6.07, 6.45) is 0.479. The summed E-state index contributed by atoms with van der Waals surface area (Å²) in [5.74, 6) is -0.620. The Morgan fingerprint density at radius 2 is 2.10 bits per heavy atom. The molecular weight excluding hydrogens is 286 g/mol. The molecule has 20 heavy (non-hydrogen) atoms. The second kappa shape index (κ2) is 6.53. The molecule has 1 aromatic rings. The molecule has 0 radical (unpaired) electrons. The monoisotopic (exact) mass is 303 g/mol. The number of aliphatic carboxylic acids is 1. The lowest BCUT2D eigenvalue weighted by molar-refractivity contribution is -0.139. The Kier molecular flexibility index (Phi) is 5.28. The fourth-order valence-electron chi connectivity index (χ4n) is 1.29. The van der Waals surface area contributed by atoms with Crippen molar-refractivity contribution in [2.45, 2.75) is 13.3 Å². The number of pyridine rings is 1. The van der Waals surface area contributed by atoms with Crippen LogP contribution < -0.4 is 9.46 Å². The molecule has 9 heteroatoms. The molecule has 0 atom stereocenters. The van der Waals surface area contributed by atoms with Crippen molar-refractivity contribution in [2.24, 2.45) is 0 Å². The van der Waals surface area contributed by atoms with Gasteiger partial charge in [0.05, 0.1) is 5.69 Å². The minimum absolute atomic E-state index is 0.151. The van der Waals surface area contributed by atoms with E-state index in [9.17, 15) is 13.2 Å². The van der Waals surface area contributed by atoms with Gasteiger partial charge in [-0.05, 0) is 18.6 Å². The number of aromatic nitrogens is 1. The molecule has 0 aliphatic heterocycles. The van der Waals surface area contributed by atoms with Crippen LogP contribution >= 0.6 is 0 Å². The van der Waals surface area contributed by atoms with E-state index < -0.39 is 22.8 Å². The molecule has 0 aliphatic rings. The van der Waals surface area contributed by atoms with E-state index in [0.29, 0.717) is 17.9 Å². The molecule has 0 fully saturated rings. The van der Waals surface area contributed by atoms with E-state index in [1.54, 1.807) is 6.92 Å². The second-order valence-corrected chi connectivity index (χ2v) is 5.95. The first kappa shape index (κ1) is 16.2. The van der Waals surface area contributed by atoms with E-state index in [1.807, 2.05) is 0 Å². The van der Waals surface area contributed by atoms with Gasteiger partial charge >= 0.3 is 16.2 Å². The van der Waals surface area contributed by atoms with Gasteiger partial charge in [-0.2, -0.15) is 12.7 Å². The maximum Gasteiger partial charge on any atom is 0.341 e. The molecule has 0 bridgehead atoms. The molecule has 0 aliphatic carbocycles. The molecule has 0 aromatic carbocycles. The van der Waals surface area contributed by atoms with E-state index in [2.05, 4.69) is 9.71 Å². The summed E-state index contributed by atoms with van der Waals surface area (Å²) in [5.41, 5.74) is 0.477. The highest BCUT2D eigenvalue weighted by molar-refractivity contribution is 7.90. The van der Waals surface area contributed by atoms with Gasteiger partial charge in [-0.3, -0.25) is 4.72 Å². The molecular formula is C11H17N3O5S. The van der Waals surface area contributed by atoms with Crippen molar-refractivity contribution in [1.82, 2.24) is 9.29 Å². The highest BCUT2D eigenvalue weighted by atomic mass is 32.2. The fraction of sp³-hybridized carbons (Fsp3) is 0.455. The number of carboxylic acid groups (broad SMARTS) is 1. The topological polar surface area (TPSA) is 109 Å². The van der Waals surface area contributed by atoms with Crippen LogP contribution in [-0.4, -0.2) is 49.5 Å². The molecule has 1 aromatic heterocycles. The van der Waals surface area contributed by atoms with E-state index in [0.717, 1.165) is 4.31 Å². The van der Waals surface area contributed by atoms with Gasteiger partial charge in [0.2, 0.25) is 0 Å². The van der Waals surface area contributed by atoms with Crippen LogP contribution in [-0.2, 0) is 21.4 Å². The van der Waals surface area contributed by atoms with Crippen LogP contribution in [0.3, 0.4) is 0 Å². The third-order valence-corrected chi connectivity index (χ3v) is 3.76. The number of anilines is 1. The quantitative estimate of drug-likeness (QED) is 0.751. The average Bonchev–Trinajstić information content (AvgIpc) is 2.36. The van der Waals surface area contributed by atoms with Crippen molar-refractivity contribution >= 4 is 22.0 Å². The molecule has 0 spiro atoms. The van der Waals surface area contributed by atoms with E-state index in [1.165, 1.54) is 26.2 Å². The van der Waals surface area contributed by atoms with E-state index in [-0.39, 0.29) is 5.82 Å². The van der Waals surface area contributed by atoms with E-state index >= 15 is 0 Å². The van der Waals surface area contributed by atoms with Gasteiger partial charge in [0.1, 0.15) is 11.6 Å². The van der Waals surface area contributed by atoms with Crippen molar-refractivity contribution in [1.29, 1.82) is 0 Å². The zero-order valence-corrected chi connectivity index (χ0v) is 12.3. The van der Waals surface area contributed by atoms with Gasteiger partial charge < -0.3 is 9.84 Å². The molecule has 1 rings (SSSR count). The SMILES string of the molecule is CCc1nc(NS(=O)(=O)N(C)C)ccc1OCC(=O)O. The number of hydrogen-bond acceptors (Lipinski definition) is 5. The maximum atomic E-state index is 11.7. The lowest BCUT2D eigenvalue weighted by Crippen LogP contribution is -2.29. The molecule has 0 saturated heterocycles. The van der Waals surface area contributed by atoms with Crippen molar-refractivity contribution in [3.63, 3.8) is 0 Å². The van der Waals surface area contributed by atoms with Crippen molar-refractivity contribution < 1.29 is 23.1 Å². The summed E-state index contributed by atoms with van der Waals surface area (Å²) in [5, 5.41) is 8.56. The third kappa shape index (κ3) is 4.35. The van der Waals surface area contributed by atoms with E-state index in [4.69, 9.17) is 9.84 Å². The summed E-state index contributed by atoms with van der Waals surface area (Å²) in [6, 6.07) is 2.90. The minimum atomic E-state index is -3.63. The number of carbonyl (C=O) groups is 1. The van der Waals surface area contributed by atoms with Crippen LogP contribution in [0, 0.1) is 0 Å². The Morgan fingerprint density at radius 1 is 1.45 bits per heavy atom. The first-order chi connectivity index (χ1) is 9.26. The third-order valence-electron chi connectivity index (χ3n) is 2.33. The first-order valence-electron chi connectivity index (χ1n) is 5.81. The van der Waals surface area contributed by atoms with Crippen LogP contribution in [0.1, 0.15) is 12.6 Å². The number of nitrogens with one attached hydrogen (secondary N) is 1. The number of rotatable bonds is 7. The van der Waals surface area contributed by atoms with Crippen LogP contribution in [0.5, 0.6) is 5.75 Å². The molecule has 0 amide bonds. The number of carboxylic acids is 1. The molecule has 1 heterocycles. The van der Waals surface area contributed by atoms with Gasteiger partial charge in [-0.1, -0.05) is 6.92 Å². The van der Waals surface area contributed by atoms with Gasteiger partial charge in [0.15, 0.2) is 6.61 Å².